The SMILES string of the molecule is CCN1c2ccc(/C=C(/C#N)C(=O)NCCc3c[nH]c4ccccc34)cc2[C@@H](C)CC1(C)C. The number of H-pyrrole nitrogens is 1. The van der Waals surface area contributed by atoms with E-state index in [1.165, 1.54) is 11.3 Å². The number of nitriles is 1. The van der Waals surface area contributed by atoms with Gasteiger partial charge in [0.1, 0.15) is 11.6 Å². The lowest BCUT2D eigenvalue weighted by Gasteiger charge is -2.47. The van der Waals surface area contributed by atoms with Crippen LogP contribution < -0.4 is 10.2 Å². The Morgan fingerprint density at radius 1 is 1.30 bits per heavy atom. The molecule has 33 heavy (non-hydrogen) atoms. The summed E-state index contributed by atoms with van der Waals surface area (Å²) in [5.74, 6) is 0.0844. The number of amides is 1. The Balaban J connectivity index is 1.48. The fourth-order valence-corrected chi connectivity index (χ4v) is 5.26. The van der Waals surface area contributed by atoms with Crippen molar-refractivity contribution < 1.29 is 4.79 Å². The lowest BCUT2D eigenvalue weighted by molar-refractivity contribution is -0.117. The number of anilines is 1. The molecule has 0 spiro atoms. The van der Waals surface area contributed by atoms with Crippen LogP contribution in [0.3, 0.4) is 0 Å². The third-order valence-electron chi connectivity index (χ3n) is 6.76. The van der Waals surface area contributed by atoms with E-state index in [4.69, 9.17) is 0 Å². The molecule has 2 N–H and O–H groups in total. The van der Waals surface area contributed by atoms with Gasteiger partial charge in [0.2, 0.25) is 0 Å². The van der Waals surface area contributed by atoms with Crippen LogP contribution in [0.15, 0.2) is 54.2 Å². The van der Waals surface area contributed by atoms with Crippen LogP contribution in [0.25, 0.3) is 17.0 Å². The van der Waals surface area contributed by atoms with Gasteiger partial charge in [-0.05, 0) is 80.5 Å². The Labute approximate surface area is 196 Å². The molecular formula is C28H32N4O. The average Bonchev–Trinajstić information content (AvgIpc) is 3.20. The quantitative estimate of drug-likeness (QED) is 0.390. The number of hydrogen-bond donors (Lipinski definition) is 2. The zero-order valence-electron chi connectivity index (χ0n) is 19.9. The van der Waals surface area contributed by atoms with Gasteiger partial charge in [-0.25, -0.2) is 0 Å². The van der Waals surface area contributed by atoms with Gasteiger partial charge >= 0.3 is 0 Å². The van der Waals surface area contributed by atoms with Crippen molar-refractivity contribution in [3.8, 4) is 6.07 Å². The molecule has 2 heterocycles. The molecule has 0 radical (unpaired) electrons. The van der Waals surface area contributed by atoms with Crippen molar-refractivity contribution in [2.24, 2.45) is 0 Å². The van der Waals surface area contributed by atoms with Crippen LogP contribution in [0.2, 0.25) is 0 Å². The summed E-state index contributed by atoms with van der Waals surface area (Å²) in [5, 5.41) is 13.7. The minimum Gasteiger partial charge on any atom is -0.366 e. The van der Waals surface area contributed by atoms with Gasteiger partial charge in [0.25, 0.3) is 5.91 Å². The summed E-state index contributed by atoms with van der Waals surface area (Å²) in [7, 11) is 0. The molecular weight excluding hydrogens is 408 g/mol. The van der Waals surface area contributed by atoms with Crippen molar-refractivity contribution in [2.75, 3.05) is 18.0 Å². The molecule has 0 unspecified atom stereocenters. The highest BCUT2D eigenvalue weighted by atomic mass is 16.1. The Morgan fingerprint density at radius 2 is 2.09 bits per heavy atom. The first-order valence-electron chi connectivity index (χ1n) is 11.7. The van der Waals surface area contributed by atoms with E-state index >= 15 is 0 Å². The second kappa shape index (κ2) is 9.15. The molecule has 0 bridgehead atoms. The van der Waals surface area contributed by atoms with Crippen LogP contribution >= 0.6 is 0 Å². The van der Waals surface area contributed by atoms with Crippen LogP contribution in [0.1, 0.15) is 56.7 Å². The van der Waals surface area contributed by atoms with Crippen molar-refractivity contribution in [1.29, 1.82) is 5.26 Å². The van der Waals surface area contributed by atoms with Crippen LogP contribution in [-0.4, -0.2) is 29.5 Å². The van der Waals surface area contributed by atoms with E-state index in [9.17, 15) is 10.1 Å². The summed E-state index contributed by atoms with van der Waals surface area (Å²) >= 11 is 0. The average molecular weight is 441 g/mol. The van der Waals surface area contributed by atoms with Gasteiger partial charge in [0, 0.05) is 41.4 Å². The van der Waals surface area contributed by atoms with E-state index < -0.39 is 0 Å². The lowest BCUT2D eigenvalue weighted by Crippen LogP contribution is -2.48. The number of nitrogens with zero attached hydrogens (tertiary/aromatic N) is 2. The van der Waals surface area contributed by atoms with Crippen molar-refractivity contribution in [2.45, 2.75) is 52.0 Å². The highest BCUT2D eigenvalue weighted by Crippen LogP contribution is 2.43. The van der Waals surface area contributed by atoms with E-state index in [-0.39, 0.29) is 17.0 Å². The molecule has 1 aromatic heterocycles. The van der Waals surface area contributed by atoms with E-state index in [0.29, 0.717) is 18.9 Å². The molecule has 3 aromatic rings. The van der Waals surface area contributed by atoms with E-state index in [2.05, 4.69) is 67.2 Å². The molecule has 4 rings (SSSR count). The van der Waals surface area contributed by atoms with Crippen molar-refractivity contribution in [3.05, 3.63) is 70.9 Å². The van der Waals surface area contributed by atoms with Gasteiger partial charge in [-0.15, -0.1) is 0 Å². The van der Waals surface area contributed by atoms with Gasteiger partial charge in [-0.3, -0.25) is 4.79 Å². The Bertz CT molecular complexity index is 1240. The predicted octanol–water partition coefficient (Wildman–Crippen LogP) is 5.55. The smallest absolute Gasteiger partial charge is 0.261 e. The van der Waals surface area contributed by atoms with Crippen LogP contribution in [0.4, 0.5) is 5.69 Å². The van der Waals surface area contributed by atoms with E-state index in [1.807, 2.05) is 30.5 Å². The second-order valence-corrected chi connectivity index (χ2v) is 9.52. The number of aromatic nitrogens is 1. The van der Waals surface area contributed by atoms with Crippen molar-refractivity contribution >= 4 is 28.6 Å². The van der Waals surface area contributed by atoms with Gasteiger partial charge in [-0.2, -0.15) is 5.26 Å². The fraction of sp³-hybridized carbons (Fsp3) is 0.357. The summed E-state index contributed by atoms with van der Waals surface area (Å²) in [5.41, 5.74) is 5.90. The molecule has 1 aliphatic heterocycles. The maximum atomic E-state index is 12.7. The summed E-state index contributed by atoms with van der Waals surface area (Å²) < 4.78 is 0. The van der Waals surface area contributed by atoms with Gasteiger partial charge in [0.15, 0.2) is 0 Å². The number of fused-ring (bicyclic) bond motifs is 2. The molecule has 5 nitrogen and oxygen atoms in total. The summed E-state index contributed by atoms with van der Waals surface area (Å²) in [6, 6.07) is 16.5. The maximum absolute atomic E-state index is 12.7. The van der Waals surface area contributed by atoms with E-state index in [1.54, 1.807) is 6.08 Å². The molecule has 1 atom stereocenters. The molecule has 0 aliphatic carbocycles. The number of hydrogen-bond acceptors (Lipinski definition) is 3. The zero-order valence-corrected chi connectivity index (χ0v) is 19.9. The molecule has 5 heteroatoms. The molecule has 0 saturated carbocycles. The van der Waals surface area contributed by atoms with Crippen LogP contribution in [-0.2, 0) is 11.2 Å². The molecule has 1 amide bonds. The highest BCUT2D eigenvalue weighted by Gasteiger charge is 2.35. The first kappa shape index (κ1) is 22.7. The Hall–Kier alpha value is -3.52. The highest BCUT2D eigenvalue weighted by molar-refractivity contribution is 6.01. The number of benzene rings is 2. The number of carbonyl (C=O) groups excluding carboxylic acids is 1. The topological polar surface area (TPSA) is 71.9 Å². The molecule has 170 valence electrons. The summed E-state index contributed by atoms with van der Waals surface area (Å²) in [6.07, 6.45) is 5.45. The number of aromatic amines is 1. The second-order valence-electron chi connectivity index (χ2n) is 9.52. The van der Waals surface area contributed by atoms with Crippen molar-refractivity contribution in [1.82, 2.24) is 10.3 Å². The number of nitrogens with one attached hydrogen (secondary N) is 2. The lowest BCUT2D eigenvalue weighted by atomic mass is 9.79. The molecule has 2 aromatic carbocycles. The summed E-state index contributed by atoms with van der Waals surface area (Å²) in [4.78, 5) is 18.4. The zero-order chi connectivity index (χ0) is 23.6. The van der Waals surface area contributed by atoms with Crippen LogP contribution in [0.5, 0.6) is 0 Å². The first-order valence-corrected chi connectivity index (χ1v) is 11.7. The molecule has 1 aliphatic rings. The minimum atomic E-state index is -0.334. The molecule has 0 saturated heterocycles. The largest absolute Gasteiger partial charge is 0.366 e. The van der Waals surface area contributed by atoms with Crippen LogP contribution in [0, 0.1) is 11.3 Å². The standard InChI is InChI=1S/C28H32N4O/c1-5-32-26-11-10-20(15-24(26)19(2)16-28(32,3)4)14-22(17-29)27(33)30-13-12-21-18-31-25-9-7-6-8-23(21)25/h6-11,14-15,18-19,31H,5,12-13,16H2,1-4H3,(H,30,33)/b22-14-/t19-/m0/s1. The summed E-state index contributed by atoms with van der Waals surface area (Å²) in [6.45, 7) is 10.4. The predicted molar refractivity (Wildman–Crippen MR) is 135 cm³/mol. The fourth-order valence-electron chi connectivity index (χ4n) is 5.26. The van der Waals surface area contributed by atoms with Gasteiger partial charge < -0.3 is 15.2 Å². The minimum absolute atomic E-state index is 0.112. The Kier molecular flexibility index (Phi) is 6.29. The number of rotatable bonds is 6. The first-order chi connectivity index (χ1) is 15.8. The van der Waals surface area contributed by atoms with Gasteiger partial charge in [-0.1, -0.05) is 31.2 Å². The third-order valence-corrected chi connectivity index (χ3v) is 6.76. The Morgan fingerprint density at radius 3 is 2.85 bits per heavy atom. The normalized spacial score (nSPS) is 17.5. The van der Waals surface area contributed by atoms with Crippen molar-refractivity contribution in [3.63, 3.8) is 0 Å². The number of para-hydroxylation sites is 1. The monoisotopic (exact) mass is 440 g/mol. The number of carbonyl (C=O) groups is 1. The third kappa shape index (κ3) is 4.52. The molecule has 0 fully saturated rings. The van der Waals surface area contributed by atoms with Gasteiger partial charge in [0.05, 0.1) is 0 Å². The van der Waals surface area contributed by atoms with E-state index in [0.717, 1.165) is 35.0 Å². The maximum Gasteiger partial charge on any atom is 0.261 e.